The van der Waals surface area contributed by atoms with Crippen molar-refractivity contribution in [2.75, 3.05) is 29.9 Å². The molecule has 4 heteroatoms. The zero-order valence-corrected chi connectivity index (χ0v) is 14.8. The highest BCUT2D eigenvalue weighted by atomic mass is 35.5. The lowest BCUT2D eigenvalue weighted by Crippen LogP contribution is -2.21. The van der Waals surface area contributed by atoms with Crippen LogP contribution < -0.4 is 10.2 Å². The first-order chi connectivity index (χ1) is 10.6. The Balaban J connectivity index is 2.50. The molecule has 0 aliphatic carbocycles. The molecule has 0 aliphatic heterocycles. The number of anilines is 2. The number of nitrogens with one attached hydrogen (secondary N) is 1. The second-order valence-corrected chi connectivity index (χ2v) is 5.84. The topological polar surface area (TPSA) is 15.3 Å². The molecule has 0 amide bonds. The van der Waals surface area contributed by atoms with Crippen LogP contribution in [0.2, 0.25) is 10.0 Å². The van der Waals surface area contributed by atoms with Crippen molar-refractivity contribution in [3.8, 4) is 11.1 Å². The highest BCUT2D eigenvalue weighted by molar-refractivity contribution is 6.37. The third-order valence-corrected chi connectivity index (χ3v) is 4.36. The van der Waals surface area contributed by atoms with Crippen LogP contribution in [0.4, 0.5) is 11.4 Å². The van der Waals surface area contributed by atoms with Crippen LogP contribution in [0.15, 0.2) is 36.4 Å². The van der Waals surface area contributed by atoms with Crippen molar-refractivity contribution in [3.63, 3.8) is 0 Å². The van der Waals surface area contributed by atoms with Crippen molar-refractivity contribution < 1.29 is 0 Å². The van der Waals surface area contributed by atoms with Gasteiger partial charge in [0.25, 0.3) is 0 Å². The molecule has 118 valence electrons. The summed E-state index contributed by atoms with van der Waals surface area (Å²) in [6, 6.07) is 12.0. The van der Waals surface area contributed by atoms with Crippen molar-refractivity contribution in [1.29, 1.82) is 0 Å². The molecule has 0 atom stereocenters. The van der Waals surface area contributed by atoms with Crippen LogP contribution >= 0.6 is 23.2 Å². The molecule has 0 saturated heterocycles. The molecule has 0 aliphatic rings. The van der Waals surface area contributed by atoms with Gasteiger partial charge in [-0.05, 0) is 45.0 Å². The van der Waals surface area contributed by atoms with Gasteiger partial charge >= 0.3 is 0 Å². The summed E-state index contributed by atoms with van der Waals surface area (Å²) in [4.78, 5) is 2.27. The highest BCUT2D eigenvalue weighted by Gasteiger charge is 2.14. The maximum Gasteiger partial charge on any atom is 0.0506 e. The van der Waals surface area contributed by atoms with Gasteiger partial charge < -0.3 is 10.2 Å². The Hall–Kier alpha value is -1.38. The summed E-state index contributed by atoms with van der Waals surface area (Å²) in [7, 11) is 0. The zero-order chi connectivity index (χ0) is 16.1. The Kier molecular flexibility index (Phi) is 5.98. The van der Waals surface area contributed by atoms with Gasteiger partial charge in [0.2, 0.25) is 0 Å². The van der Waals surface area contributed by atoms with E-state index in [9.17, 15) is 0 Å². The predicted octanol–water partition coefficient (Wildman–Crippen LogP) is 5.94. The molecule has 0 fully saturated rings. The molecule has 2 aromatic rings. The Bertz CT molecular complexity index is 637. The monoisotopic (exact) mass is 336 g/mol. The fourth-order valence-corrected chi connectivity index (χ4v) is 3.17. The third kappa shape index (κ3) is 3.50. The molecule has 0 spiro atoms. The maximum atomic E-state index is 6.55. The Morgan fingerprint density at radius 2 is 1.68 bits per heavy atom. The van der Waals surface area contributed by atoms with Crippen LogP contribution in [0.25, 0.3) is 11.1 Å². The molecule has 0 radical (unpaired) electrons. The van der Waals surface area contributed by atoms with Gasteiger partial charge in [0.15, 0.2) is 0 Å². The molecule has 2 nitrogen and oxygen atoms in total. The first-order valence-corrected chi connectivity index (χ1v) is 8.45. The summed E-state index contributed by atoms with van der Waals surface area (Å²) >= 11 is 13.0. The van der Waals surface area contributed by atoms with Gasteiger partial charge in [-0.3, -0.25) is 0 Å². The van der Waals surface area contributed by atoms with E-state index in [1.165, 1.54) is 0 Å². The molecule has 2 rings (SSSR count). The molecule has 0 bridgehead atoms. The summed E-state index contributed by atoms with van der Waals surface area (Å²) in [5.41, 5.74) is 4.06. The van der Waals surface area contributed by atoms with E-state index < -0.39 is 0 Å². The van der Waals surface area contributed by atoms with E-state index in [0.29, 0.717) is 5.02 Å². The molecule has 0 aromatic heterocycles. The molecule has 1 N–H and O–H groups in total. The summed E-state index contributed by atoms with van der Waals surface area (Å²) in [6.45, 7) is 9.10. The molecule has 2 aromatic carbocycles. The lowest BCUT2D eigenvalue weighted by molar-refractivity contribution is 0.866. The molecular weight excluding hydrogens is 315 g/mol. The van der Waals surface area contributed by atoms with Gasteiger partial charge in [0.05, 0.1) is 10.0 Å². The molecule has 0 unspecified atom stereocenters. The zero-order valence-electron chi connectivity index (χ0n) is 13.3. The van der Waals surface area contributed by atoms with Crippen LogP contribution in [0.1, 0.15) is 20.8 Å². The van der Waals surface area contributed by atoms with Crippen molar-refractivity contribution in [2.24, 2.45) is 0 Å². The Morgan fingerprint density at radius 1 is 0.955 bits per heavy atom. The van der Waals surface area contributed by atoms with E-state index in [4.69, 9.17) is 23.2 Å². The van der Waals surface area contributed by atoms with Crippen LogP contribution in [0, 0.1) is 0 Å². The van der Waals surface area contributed by atoms with Gasteiger partial charge in [-0.15, -0.1) is 0 Å². The molecule has 0 heterocycles. The number of benzene rings is 2. The second-order valence-electron chi connectivity index (χ2n) is 5.03. The molecular formula is C18H22Cl2N2. The van der Waals surface area contributed by atoms with E-state index in [0.717, 1.165) is 47.2 Å². The summed E-state index contributed by atoms with van der Waals surface area (Å²) in [5.74, 6) is 0. The summed E-state index contributed by atoms with van der Waals surface area (Å²) < 4.78 is 0. The average Bonchev–Trinajstić information content (AvgIpc) is 2.50. The average molecular weight is 337 g/mol. The Morgan fingerprint density at radius 3 is 2.27 bits per heavy atom. The van der Waals surface area contributed by atoms with Crippen molar-refractivity contribution in [3.05, 3.63) is 46.4 Å². The predicted molar refractivity (Wildman–Crippen MR) is 99.6 cm³/mol. The first-order valence-electron chi connectivity index (χ1n) is 7.69. The normalized spacial score (nSPS) is 10.6. The summed E-state index contributed by atoms with van der Waals surface area (Å²) in [5, 5.41) is 4.77. The standard InChI is InChI=1S/C18H22Cl2N2/c1-4-21-17-9-7-8-15(19)18(17)14-11-10-13(12-16(14)20)22(5-2)6-3/h7-12,21H,4-6H2,1-3H3. The van der Waals surface area contributed by atoms with E-state index in [-0.39, 0.29) is 0 Å². The number of rotatable bonds is 6. The van der Waals surface area contributed by atoms with Crippen molar-refractivity contribution in [1.82, 2.24) is 0 Å². The number of hydrogen-bond donors (Lipinski definition) is 1. The Labute approximate surface area is 143 Å². The molecule has 0 saturated carbocycles. The van der Waals surface area contributed by atoms with Gasteiger partial charge in [-0.25, -0.2) is 0 Å². The molecule has 22 heavy (non-hydrogen) atoms. The number of nitrogens with zero attached hydrogens (tertiary/aromatic N) is 1. The minimum atomic E-state index is 0.705. The minimum Gasteiger partial charge on any atom is -0.385 e. The maximum absolute atomic E-state index is 6.55. The van der Waals surface area contributed by atoms with Gasteiger partial charge in [-0.2, -0.15) is 0 Å². The van der Waals surface area contributed by atoms with E-state index in [1.807, 2.05) is 24.3 Å². The van der Waals surface area contributed by atoms with Gasteiger partial charge in [-0.1, -0.05) is 35.3 Å². The second kappa shape index (κ2) is 7.75. The first kappa shape index (κ1) is 17.0. The quantitative estimate of drug-likeness (QED) is 0.702. The van der Waals surface area contributed by atoms with E-state index >= 15 is 0 Å². The van der Waals surface area contributed by atoms with Crippen LogP contribution in [-0.4, -0.2) is 19.6 Å². The summed E-state index contributed by atoms with van der Waals surface area (Å²) in [6.07, 6.45) is 0. The SMILES string of the molecule is CCNc1cccc(Cl)c1-c1ccc(N(CC)CC)cc1Cl. The fourth-order valence-electron chi connectivity index (χ4n) is 2.63. The van der Waals surface area contributed by atoms with Gasteiger partial charge in [0.1, 0.15) is 0 Å². The minimum absolute atomic E-state index is 0.705. The smallest absolute Gasteiger partial charge is 0.0506 e. The number of hydrogen-bond acceptors (Lipinski definition) is 2. The van der Waals surface area contributed by atoms with Crippen molar-refractivity contribution >= 4 is 34.6 Å². The highest BCUT2D eigenvalue weighted by Crippen LogP contribution is 2.40. The third-order valence-electron chi connectivity index (χ3n) is 3.73. The number of halogens is 2. The van der Waals surface area contributed by atoms with Crippen molar-refractivity contribution in [2.45, 2.75) is 20.8 Å². The fraction of sp³-hybridized carbons (Fsp3) is 0.333. The van der Waals surface area contributed by atoms with Crippen LogP contribution in [0.5, 0.6) is 0 Å². The van der Waals surface area contributed by atoms with E-state index in [1.54, 1.807) is 0 Å². The van der Waals surface area contributed by atoms with E-state index in [2.05, 4.69) is 43.1 Å². The van der Waals surface area contributed by atoms with Gasteiger partial charge in [0, 0.05) is 42.1 Å². The lowest BCUT2D eigenvalue weighted by atomic mass is 10.0. The van der Waals surface area contributed by atoms with Crippen LogP contribution in [-0.2, 0) is 0 Å². The largest absolute Gasteiger partial charge is 0.385 e. The van der Waals surface area contributed by atoms with Crippen LogP contribution in [0.3, 0.4) is 0 Å². The lowest BCUT2D eigenvalue weighted by Gasteiger charge is -2.22.